The van der Waals surface area contributed by atoms with Crippen molar-refractivity contribution >= 4 is 16.0 Å². The Morgan fingerprint density at radius 2 is 2.00 bits per heavy atom. The molecule has 0 spiro atoms. The SMILES string of the molecule is COC(=O)CCCS(=O)(=O)N(C)C(C)c1ccncc1. The van der Waals surface area contributed by atoms with Crippen LogP contribution in [-0.2, 0) is 19.6 Å². The molecule has 112 valence electrons. The fraction of sp³-hybridized carbons (Fsp3) is 0.538. The second-order valence-electron chi connectivity index (χ2n) is 4.47. The van der Waals surface area contributed by atoms with Gasteiger partial charge in [0.1, 0.15) is 0 Å². The third-order valence-electron chi connectivity index (χ3n) is 3.18. The maximum atomic E-state index is 12.2. The normalized spacial score (nSPS) is 13.2. The Morgan fingerprint density at radius 3 is 2.55 bits per heavy atom. The minimum atomic E-state index is -3.41. The number of ether oxygens (including phenoxy) is 1. The van der Waals surface area contributed by atoms with Crippen LogP contribution in [0.25, 0.3) is 0 Å². The predicted octanol–water partition coefficient (Wildman–Crippen LogP) is 1.36. The van der Waals surface area contributed by atoms with Crippen molar-refractivity contribution in [2.24, 2.45) is 0 Å². The van der Waals surface area contributed by atoms with Crippen molar-refractivity contribution in [3.63, 3.8) is 0 Å². The zero-order chi connectivity index (χ0) is 15.2. The highest BCUT2D eigenvalue weighted by Gasteiger charge is 2.24. The Kier molecular flexibility index (Phi) is 6.09. The van der Waals surface area contributed by atoms with E-state index < -0.39 is 16.0 Å². The van der Waals surface area contributed by atoms with Gasteiger partial charge in [-0.15, -0.1) is 0 Å². The molecule has 1 rings (SSSR count). The first kappa shape index (κ1) is 16.6. The largest absolute Gasteiger partial charge is 0.469 e. The van der Waals surface area contributed by atoms with Crippen molar-refractivity contribution in [3.05, 3.63) is 30.1 Å². The van der Waals surface area contributed by atoms with Gasteiger partial charge in [0.15, 0.2) is 0 Å². The summed E-state index contributed by atoms with van der Waals surface area (Å²) in [5, 5.41) is 0. The van der Waals surface area contributed by atoms with E-state index in [4.69, 9.17) is 0 Å². The van der Waals surface area contributed by atoms with Gasteiger partial charge in [-0.1, -0.05) is 0 Å². The molecule has 20 heavy (non-hydrogen) atoms. The predicted molar refractivity (Wildman–Crippen MR) is 75.5 cm³/mol. The van der Waals surface area contributed by atoms with E-state index >= 15 is 0 Å². The van der Waals surface area contributed by atoms with E-state index in [0.717, 1.165) is 5.56 Å². The third kappa shape index (κ3) is 4.57. The highest BCUT2D eigenvalue weighted by atomic mass is 32.2. The van der Waals surface area contributed by atoms with E-state index in [9.17, 15) is 13.2 Å². The summed E-state index contributed by atoms with van der Waals surface area (Å²) in [4.78, 5) is 14.9. The summed E-state index contributed by atoms with van der Waals surface area (Å²) in [7, 11) is -0.580. The average Bonchev–Trinajstić information content (AvgIpc) is 2.46. The number of methoxy groups -OCH3 is 1. The van der Waals surface area contributed by atoms with Crippen molar-refractivity contribution in [1.82, 2.24) is 9.29 Å². The zero-order valence-electron chi connectivity index (χ0n) is 11.9. The lowest BCUT2D eigenvalue weighted by atomic mass is 10.1. The Hall–Kier alpha value is -1.47. The fourth-order valence-corrected chi connectivity index (χ4v) is 3.14. The molecule has 0 saturated carbocycles. The van der Waals surface area contributed by atoms with Crippen LogP contribution < -0.4 is 0 Å². The summed E-state index contributed by atoms with van der Waals surface area (Å²) in [6, 6.07) is 3.29. The van der Waals surface area contributed by atoms with E-state index in [2.05, 4.69) is 9.72 Å². The van der Waals surface area contributed by atoms with Crippen molar-refractivity contribution in [2.75, 3.05) is 19.9 Å². The Balaban J connectivity index is 2.65. The first-order valence-corrected chi connectivity index (χ1v) is 7.92. The van der Waals surface area contributed by atoms with E-state index in [1.807, 2.05) is 6.92 Å². The van der Waals surface area contributed by atoms with Crippen molar-refractivity contribution in [2.45, 2.75) is 25.8 Å². The number of nitrogens with zero attached hydrogens (tertiary/aromatic N) is 2. The van der Waals surface area contributed by atoms with Gasteiger partial charge in [-0.25, -0.2) is 8.42 Å². The number of hydrogen-bond donors (Lipinski definition) is 0. The number of pyridine rings is 1. The molecule has 0 aromatic carbocycles. The smallest absolute Gasteiger partial charge is 0.305 e. The number of carbonyl (C=O) groups excluding carboxylic acids is 1. The molecule has 0 radical (unpaired) electrons. The Labute approximate surface area is 119 Å². The summed E-state index contributed by atoms with van der Waals surface area (Å²) >= 11 is 0. The van der Waals surface area contributed by atoms with Gasteiger partial charge < -0.3 is 4.74 Å². The second kappa shape index (κ2) is 7.35. The fourth-order valence-electron chi connectivity index (χ4n) is 1.74. The molecule has 0 fully saturated rings. The molecule has 1 aromatic rings. The average molecular weight is 300 g/mol. The van der Waals surface area contributed by atoms with Crippen LogP contribution in [0.2, 0.25) is 0 Å². The maximum absolute atomic E-state index is 12.2. The lowest BCUT2D eigenvalue weighted by Crippen LogP contribution is -2.32. The number of rotatable bonds is 7. The topological polar surface area (TPSA) is 76.6 Å². The first-order chi connectivity index (χ1) is 9.38. The summed E-state index contributed by atoms with van der Waals surface area (Å²) in [6.45, 7) is 1.81. The lowest BCUT2D eigenvalue weighted by molar-refractivity contribution is -0.140. The highest BCUT2D eigenvalue weighted by Crippen LogP contribution is 2.21. The van der Waals surface area contributed by atoms with Crippen molar-refractivity contribution in [3.8, 4) is 0 Å². The van der Waals surface area contributed by atoms with E-state index in [1.165, 1.54) is 11.4 Å². The summed E-state index contributed by atoms with van der Waals surface area (Å²) in [5.41, 5.74) is 0.874. The van der Waals surface area contributed by atoms with E-state index in [1.54, 1.807) is 31.6 Å². The second-order valence-corrected chi connectivity index (χ2v) is 6.62. The van der Waals surface area contributed by atoms with Gasteiger partial charge in [0.25, 0.3) is 0 Å². The van der Waals surface area contributed by atoms with Crippen molar-refractivity contribution < 1.29 is 17.9 Å². The number of esters is 1. The van der Waals surface area contributed by atoms with Crippen LogP contribution in [-0.4, -0.2) is 43.6 Å². The molecule has 1 aromatic heterocycles. The maximum Gasteiger partial charge on any atom is 0.305 e. The molecule has 0 bridgehead atoms. The summed E-state index contributed by atoms with van der Waals surface area (Å²) in [5.74, 6) is -0.473. The van der Waals surface area contributed by atoms with Gasteiger partial charge in [-0.2, -0.15) is 4.31 Å². The molecule has 0 saturated heterocycles. The highest BCUT2D eigenvalue weighted by molar-refractivity contribution is 7.89. The van der Waals surface area contributed by atoms with Crippen LogP contribution >= 0.6 is 0 Å². The first-order valence-electron chi connectivity index (χ1n) is 6.31. The number of carbonyl (C=O) groups is 1. The molecule has 0 aliphatic rings. The minimum absolute atomic E-state index is 0.0754. The van der Waals surface area contributed by atoms with Crippen LogP contribution in [0.4, 0.5) is 0 Å². The zero-order valence-corrected chi connectivity index (χ0v) is 12.8. The molecule has 7 heteroatoms. The molecule has 0 N–H and O–H groups in total. The van der Waals surface area contributed by atoms with Crippen LogP contribution in [0.3, 0.4) is 0 Å². The van der Waals surface area contributed by atoms with Gasteiger partial charge in [-0.05, 0) is 31.0 Å². The molecule has 6 nitrogen and oxygen atoms in total. The number of sulfonamides is 1. The summed E-state index contributed by atoms with van der Waals surface area (Å²) < 4.78 is 30.2. The monoisotopic (exact) mass is 300 g/mol. The van der Waals surface area contributed by atoms with Gasteiger partial charge >= 0.3 is 5.97 Å². The molecule has 1 heterocycles. The van der Waals surface area contributed by atoms with Crippen LogP contribution in [0.5, 0.6) is 0 Å². The summed E-state index contributed by atoms with van der Waals surface area (Å²) in [6.07, 6.45) is 3.61. The third-order valence-corrected chi connectivity index (χ3v) is 5.18. The van der Waals surface area contributed by atoms with Crippen LogP contribution in [0.15, 0.2) is 24.5 Å². The Bertz CT molecular complexity index is 531. The lowest BCUT2D eigenvalue weighted by Gasteiger charge is -2.24. The Morgan fingerprint density at radius 1 is 1.40 bits per heavy atom. The van der Waals surface area contributed by atoms with Crippen molar-refractivity contribution in [1.29, 1.82) is 0 Å². The molecule has 1 atom stereocenters. The van der Waals surface area contributed by atoms with Crippen LogP contribution in [0, 0.1) is 0 Å². The van der Waals surface area contributed by atoms with Crippen LogP contribution in [0.1, 0.15) is 31.4 Å². The number of hydrogen-bond acceptors (Lipinski definition) is 5. The number of aromatic nitrogens is 1. The molecule has 1 unspecified atom stereocenters. The van der Waals surface area contributed by atoms with E-state index in [0.29, 0.717) is 0 Å². The minimum Gasteiger partial charge on any atom is -0.469 e. The molecule has 0 amide bonds. The van der Waals surface area contributed by atoms with Gasteiger partial charge in [-0.3, -0.25) is 9.78 Å². The molecule has 0 aliphatic carbocycles. The standard InChI is InChI=1S/C13H20N2O4S/c1-11(12-6-8-14-9-7-12)15(2)20(17,18)10-4-5-13(16)19-3/h6-9,11H,4-5,10H2,1-3H3. The molecule has 0 aliphatic heterocycles. The van der Waals surface area contributed by atoms with Gasteiger partial charge in [0.05, 0.1) is 12.9 Å². The molecular weight excluding hydrogens is 280 g/mol. The van der Waals surface area contributed by atoms with E-state index in [-0.39, 0.29) is 24.6 Å². The van der Waals surface area contributed by atoms with Gasteiger partial charge in [0, 0.05) is 31.9 Å². The van der Waals surface area contributed by atoms with Gasteiger partial charge in [0.2, 0.25) is 10.0 Å². The quantitative estimate of drug-likeness (QED) is 0.711. The molecular formula is C13H20N2O4S.